The highest BCUT2D eigenvalue weighted by atomic mass is 35.5. The van der Waals surface area contributed by atoms with Crippen LogP contribution in [-0.4, -0.2) is 36.0 Å². The monoisotopic (exact) mass is 357 g/mol. The van der Waals surface area contributed by atoms with Crippen molar-refractivity contribution in [1.82, 2.24) is 15.5 Å². The van der Waals surface area contributed by atoms with Gasteiger partial charge in [0.15, 0.2) is 0 Å². The van der Waals surface area contributed by atoms with E-state index in [-0.39, 0.29) is 24.5 Å². The van der Waals surface area contributed by atoms with Crippen molar-refractivity contribution >= 4 is 34.9 Å². The summed E-state index contributed by atoms with van der Waals surface area (Å²) in [7, 11) is 0. The maximum atomic E-state index is 12.0. The molecule has 1 fully saturated rings. The quantitative estimate of drug-likeness (QED) is 0.820. The van der Waals surface area contributed by atoms with Crippen molar-refractivity contribution in [2.75, 3.05) is 13.1 Å². The number of hydrogen-bond donors (Lipinski definition) is 2. The molecule has 23 heavy (non-hydrogen) atoms. The number of carbonyl (C=O) groups excluding carboxylic acids is 2. The molecule has 128 valence electrons. The topological polar surface area (TPSA) is 61.4 Å². The van der Waals surface area contributed by atoms with Crippen LogP contribution in [0.25, 0.3) is 0 Å². The van der Waals surface area contributed by atoms with E-state index >= 15 is 0 Å². The molecule has 1 heterocycles. The van der Waals surface area contributed by atoms with E-state index in [1.807, 2.05) is 24.0 Å². The molecular weight excluding hydrogens is 334 g/mol. The van der Waals surface area contributed by atoms with Crippen molar-refractivity contribution in [3.8, 4) is 0 Å². The Morgan fingerprint density at radius 2 is 2.04 bits per heavy atom. The fourth-order valence-corrected chi connectivity index (χ4v) is 3.90. The van der Waals surface area contributed by atoms with Gasteiger partial charge in [0.1, 0.15) is 0 Å². The van der Waals surface area contributed by atoms with Crippen LogP contribution in [0.15, 0.2) is 12.1 Å². The SMILES string of the molecule is CCN(CC(=O)NC(=O)NC1CCCCC1)Cc1ccc(Cl)s1. The van der Waals surface area contributed by atoms with E-state index in [4.69, 9.17) is 11.6 Å². The van der Waals surface area contributed by atoms with Gasteiger partial charge in [-0.05, 0) is 31.5 Å². The van der Waals surface area contributed by atoms with Gasteiger partial charge in [-0.1, -0.05) is 37.8 Å². The number of imide groups is 1. The number of thiophene rings is 1. The lowest BCUT2D eigenvalue weighted by molar-refractivity contribution is -0.121. The van der Waals surface area contributed by atoms with Crippen molar-refractivity contribution in [1.29, 1.82) is 0 Å². The number of urea groups is 1. The second kappa shape index (κ2) is 9.25. The number of halogens is 1. The van der Waals surface area contributed by atoms with Gasteiger partial charge < -0.3 is 5.32 Å². The molecule has 2 rings (SSSR count). The summed E-state index contributed by atoms with van der Waals surface area (Å²) in [6.07, 6.45) is 5.53. The molecule has 0 aliphatic heterocycles. The highest BCUT2D eigenvalue weighted by Crippen LogP contribution is 2.22. The van der Waals surface area contributed by atoms with E-state index in [0.29, 0.717) is 6.54 Å². The van der Waals surface area contributed by atoms with Crippen molar-refractivity contribution in [2.24, 2.45) is 0 Å². The summed E-state index contributed by atoms with van der Waals surface area (Å²) in [5, 5.41) is 5.32. The molecule has 5 nitrogen and oxygen atoms in total. The molecule has 1 aliphatic rings. The largest absolute Gasteiger partial charge is 0.335 e. The predicted octanol–water partition coefficient (Wildman–Crippen LogP) is 3.38. The fraction of sp³-hybridized carbons (Fsp3) is 0.625. The van der Waals surface area contributed by atoms with Crippen LogP contribution < -0.4 is 10.6 Å². The lowest BCUT2D eigenvalue weighted by atomic mass is 9.96. The Bertz CT molecular complexity index is 529. The van der Waals surface area contributed by atoms with Crippen LogP contribution in [0.5, 0.6) is 0 Å². The van der Waals surface area contributed by atoms with E-state index in [1.165, 1.54) is 17.8 Å². The summed E-state index contributed by atoms with van der Waals surface area (Å²) in [6, 6.07) is 3.64. The van der Waals surface area contributed by atoms with E-state index in [9.17, 15) is 9.59 Å². The first-order chi connectivity index (χ1) is 11.1. The summed E-state index contributed by atoms with van der Waals surface area (Å²) in [6.45, 7) is 3.58. The first-order valence-electron chi connectivity index (χ1n) is 8.13. The zero-order valence-corrected chi connectivity index (χ0v) is 15.0. The minimum Gasteiger partial charge on any atom is -0.335 e. The fourth-order valence-electron chi connectivity index (χ4n) is 2.77. The predicted molar refractivity (Wildman–Crippen MR) is 93.8 cm³/mol. The number of hydrogen-bond acceptors (Lipinski definition) is 4. The van der Waals surface area contributed by atoms with Crippen LogP contribution in [-0.2, 0) is 11.3 Å². The zero-order chi connectivity index (χ0) is 16.7. The molecule has 1 aromatic heterocycles. The standard InChI is InChI=1S/C16H24ClN3O2S/c1-2-20(10-13-8-9-14(17)23-13)11-15(21)19-16(22)18-12-6-4-3-5-7-12/h8-9,12H,2-7,10-11H2,1H3,(H2,18,19,21,22). The third kappa shape index (κ3) is 6.49. The summed E-state index contributed by atoms with van der Waals surface area (Å²) in [4.78, 5) is 27.0. The second-order valence-electron chi connectivity index (χ2n) is 5.87. The van der Waals surface area contributed by atoms with Crippen molar-refractivity contribution in [2.45, 2.75) is 51.6 Å². The molecule has 0 unspecified atom stereocenters. The highest BCUT2D eigenvalue weighted by Gasteiger charge is 2.18. The Morgan fingerprint density at radius 1 is 1.30 bits per heavy atom. The molecule has 1 aromatic rings. The van der Waals surface area contributed by atoms with E-state index in [0.717, 1.165) is 41.4 Å². The average molecular weight is 358 g/mol. The third-order valence-corrected chi connectivity index (χ3v) is 5.23. The van der Waals surface area contributed by atoms with Gasteiger partial charge in [-0.25, -0.2) is 4.79 Å². The highest BCUT2D eigenvalue weighted by molar-refractivity contribution is 7.16. The summed E-state index contributed by atoms with van der Waals surface area (Å²) in [5.41, 5.74) is 0. The summed E-state index contributed by atoms with van der Waals surface area (Å²) < 4.78 is 0.743. The normalized spacial score (nSPS) is 15.6. The van der Waals surface area contributed by atoms with Gasteiger partial charge in [0.25, 0.3) is 0 Å². The molecule has 0 bridgehead atoms. The molecule has 1 saturated carbocycles. The Hall–Kier alpha value is -1.11. The van der Waals surface area contributed by atoms with Gasteiger partial charge in [0.05, 0.1) is 10.9 Å². The maximum Gasteiger partial charge on any atom is 0.321 e. The molecule has 0 atom stereocenters. The minimum atomic E-state index is -0.378. The van der Waals surface area contributed by atoms with Gasteiger partial charge in [-0.3, -0.25) is 15.0 Å². The number of amides is 3. The van der Waals surface area contributed by atoms with Crippen LogP contribution in [0.3, 0.4) is 0 Å². The number of nitrogens with zero attached hydrogens (tertiary/aromatic N) is 1. The minimum absolute atomic E-state index is 0.199. The number of likely N-dealkylation sites (N-methyl/N-ethyl adjacent to an activating group) is 1. The third-order valence-electron chi connectivity index (χ3n) is 4.02. The van der Waals surface area contributed by atoms with Crippen molar-refractivity contribution in [3.63, 3.8) is 0 Å². The zero-order valence-electron chi connectivity index (χ0n) is 13.4. The van der Waals surface area contributed by atoms with E-state index in [2.05, 4.69) is 10.6 Å². The van der Waals surface area contributed by atoms with E-state index in [1.54, 1.807) is 0 Å². The van der Waals surface area contributed by atoms with Gasteiger partial charge in [0, 0.05) is 17.5 Å². The Morgan fingerprint density at radius 3 is 2.65 bits per heavy atom. The number of nitrogens with one attached hydrogen (secondary N) is 2. The second-order valence-corrected chi connectivity index (χ2v) is 7.67. The van der Waals surface area contributed by atoms with Gasteiger partial charge in [0.2, 0.25) is 5.91 Å². The van der Waals surface area contributed by atoms with Gasteiger partial charge in [-0.15, -0.1) is 11.3 Å². The van der Waals surface area contributed by atoms with Crippen LogP contribution in [0.2, 0.25) is 4.34 Å². The molecular formula is C16H24ClN3O2S. The Kier molecular flexibility index (Phi) is 7.33. The molecule has 0 radical (unpaired) electrons. The lowest BCUT2D eigenvalue weighted by Crippen LogP contribution is -2.47. The van der Waals surface area contributed by atoms with Crippen LogP contribution >= 0.6 is 22.9 Å². The Balaban J connectivity index is 1.74. The van der Waals surface area contributed by atoms with Crippen LogP contribution in [0, 0.1) is 0 Å². The van der Waals surface area contributed by atoms with Crippen molar-refractivity contribution < 1.29 is 9.59 Å². The molecule has 2 N–H and O–H groups in total. The van der Waals surface area contributed by atoms with E-state index < -0.39 is 0 Å². The molecule has 3 amide bonds. The number of carbonyl (C=O) groups is 2. The molecule has 0 spiro atoms. The summed E-state index contributed by atoms with van der Waals surface area (Å²) in [5.74, 6) is -0.275. The molecule has 1 aliphatic carbocycles. The van der Waals surface area contributed by atoms with Crippen molar-refractivity contribution in [3.05, 3.63) is 21.3 Å². The van der Waals surface area contributed by atoms with Gasteiger partial charge >= 0.3 is 6.03 Å². The molecule has 0 saturated heterocycles. The average Bonchev–Trinajstić information content (AvgIpc) is 2.92. The smallest absolute Gasteiger partial charge is 0.321 e. The summed E-state index contributed by atoms with van der Waals surface area (Å²) >= 11 is 7.43. The van der Waals surface area contributed by atoms with Gasteiger partial charge in [-0.2, -0.15) is 0 Å². The maximum absolute atomic E-state index is 12.0. The molecule has 0 aromatic carbocycles. The van der Waals surface area contributed by atoms with Crippen LogP contribution in [0.4, 0.5) is 4.79 Å². The lowest BCUT2D eigenvalue weighted by Gasteiger charge is -2.23. The first-order valence-corrected chi connectivity index (χ1v) is 9.33. The molecule has 7 heteroatoms. The first kappa shape index (κ1) is 18.2. The van der Waals surface area contributed by atoms with Crippen LogP contribution in [0.1, 0.15) is 43.9 Å². The Labute approximate surface area is 146 Å². The number of rotatable bonds is 6.